The van der Waals surface area contributed by atoms with E-state index in [0.717, 1.165) is 0 Å². The van der Waals surface area contributed by atoms with E-state index in [1.807, 2.05) is 6.92 Å². The second-order valence-corrected chi connectivity index (χ2v) is 5.76. The fourth-order valence-corrected chi connectivity index (χ4v) is 2.12. The third-order valence-corrected chi connectivity index (χ3v) is 3.14. The summed E-state index contributed by atoms with van der Waals surface area (Å²) in [6, 6.07) is 0. The van der Waals surface area contributed by atoms with E-state index >= 15 is 0 Å². The van der Waals surface area contributed by atoms with Crippen molar-refractivity contribution in [3.8, 4) is 0 Å². The molecule has 1 aliphatic rings. The first-order chi connectivity index (χ1) is 7.67. The van der Waals surface area contributed by atoms with E-state index in [1.54, 1.807) is 20.8 Å². The number of carbonyl (C=O) groups is 2. The van der Waals surface area contributed by atoms with Gasteiger partial charge < -0.3 is 15.2 Å². The van der Waals surface area contributed by atoms with E-state index in [2.05, 4.69) is 5.32 Å². The minimum atomic E-state index is -1.03. The molecule has 0 aromatic heterocycles. The Balaban J connectivity index is 2.75. The van der Waals surface area contributed by atoms with Gasteiger partial charge >= 0.3 is 11.9 Å². The Hall–Kier alpha value is -1.10. The first-order valence-electron chi connectivity index (χ1n) is 5.83. The van der Waals surface area contributed by atoms with Crippen LogP contribution in [0, 0.1) is 11.3 Å². The average molecular weight is 243 g/mol. The maximum absolute atomic E-state index is 11.8. The second kappa shape index (κ2) is 4.64. The Bertz CT molecular complexity index is 321. The summed E-state index contributed by atoms with van der Waals surface area (Å²) < 4.78 is 5.19. The molecule has 5 nitrogen and oxygen atoms in total. The van der Waals surface area contributed by atoms with E-state index in [1.165, 1.54) is 0 Å². The molecule has 0 spiro atoms. The van der Waals surface area contributed by atoms with E-state index < -0.39 is 23.0 Å². The minimum Gasteiger partial charge on any atom is -0.481 e. The molecule has 0 saturated carbocycles. The average Bonchev–Trinajstić information content (AvgIpc) is 2.45. The minimum absolute atomic E-state index is 0.0756. The van der Waals surface area contributed by atoms with Gasteiger partial charge in [0.2, 0.25) is 0 Å². The number of esters is 1. The first-order valence-corrected chi connectivity index (χ1v) is 5.83. The Labute approximate surface area is 102 Å². The summed E-state index contributed by atoms with van der Waals surface area (Å²) in [6.45, 7) is 8.11. The topological polar surface area (TPSA) is 75.6 Å². The third-order valence-electron chi connectivity index (χ3n) is 3.14. The van der Waals surface area contributed by atoms with Gasteiger partial charge in [-0.05, 0) is 33.2 Å². The quantitative estimate of drug-likeness (QED) is 0.724. The predicted molar refractivity (Wildman–Crippen MR) is 62.6 cm³/mol. The number of rotatable bonds is 3. The lowest BCUT2D eigenvalue weighted by atomic mass is 9.76. The van der Waals surface area contributed by atoms with Gasteiger partial charge in [0, 0.05) is 6.54 Å². The highest BCUT2D eigenvalue weighted by molar-refractivity contribution is 5.83. The third kappa shape index (κ3) is 3.19. The molecule has 0 amide bonds. The van der Waals surface area contributed by atoms with Crippen molar-refractivity contribution < 1.29 is 19.4 Å². The normalized spacial score (nSPS) is 29.1. The van der Waals surface area contributed by atoms with Crippen molar-refractivity contribution in [2.45, 2.75) is 39.7 Å². The van der Waals surface area contributed by atoms with Crippen molar-refractivity contribution in [1.29, 1.82) is 0 Å². The van der Waals surface area contributed by atoms with E-state index in [0.29, 0.717) is 13.1 Å². The van der Waals surface area contributed by atoms with Crippen LogP contribution in [0.1, 0.15) is 34.1 Å². The largest absolute Gasteiger partial charge is 0.481 e. The van der Waals surface area contributed by atoms with Gasteiger partial charge in [-0.1, -0.05) is 6.92 Å². The summed E-state index contributed by atoms with van der Waals surface area (Å²) in [5, 5.41) is 12.4. The number of nitrogens with one attached hydrogen (secondary N) is 1. The fourth-order valence-electron chi connectivity index (χ4n) is 2.12. The lowest BCUT2D eigenvalue weighted by Crippen LogP contribution is -2.41. The van der Waals surface area contributed by atoms with Gasteiger partial charge in [-0.15, -0.1) is 0 Å². The molecule has 1 aliphatic heterocycles. The fraction of sp³-hybridized carbons (Fsp3) is 0.833. The van der Waals surface area contributed by atoms with Crippen LogP contribution >= 0.6 is 0 Å². The maximum atomic E-state index is 11.8. The van der Waals surface area contributed by atoms with Crippen molar-refractivity contribution in [2.24, 2.45) is 11.3 Å². The van der Waals surface area contributed by atoms with Crippen LogP contribution in [0.4, 0.5) is 0 Å². The first kappa shape index (κ1) is 14.0. The Morgan fingerprint density at radius 2 is 2.06 bits per heavy atom. The maximum Gasteiger partial charge on any atom is 0.311 e. The lowest BCUT2D eigenvalue weighted by molar-refractivity contribution is -0.165. The standard InChI is InChI=1S/C12H21NO4/c1-8-6-13-7-12(8,10(15)16)5-9(14)17-11(2,3)4/h8,13H,5-7H2,1-4H3,(H,15,16)/t8-,12-/m1/s1. The summed E-state index contributed by atoms with van der Waals surface area (Å²) in [6.07, 6.45) is -0.0756. The highest BCUT2D eigenvalue weighted by atomic mass is 16.6. The molecule has 1 rings (SSSR count). The predicted octanol–water partition coefficient (Wildman–Crippen LogP) is 1.03. The van der Waals surface area contributed by atoms with Crippen LogP contribution in [0.5, 0.6) is 0 Å². The van der Waals surface area contributed by atoms with Gasteiger partial charge in [-0.2, -0.15) is 0 Å². The van der Waals surface area contributed by atoms with Gasteiger partial charge in [-0.25, -0.2) is 0 Å². The summed E-state index contributed by atoms with van der Waals surface area (Å²) in [5.74, 6) is -1.45. The van der Waals surface area contributed by atoms with E-state index in [9.17, 15) is 14.7 Å². The Kier molecular flexibility index (Phi) is 3.81. The van der Waals surface area contributed by atoms with Crippen molar-refractivity contribution in [3.63, 3.8) is 0 Å². The number of carboxylic acids is 1. The number of hydrogen-bond donors (Lipinski definition) is 2. The molecule has 0 aromatic carbocycles. The highest BCUT2D eigenvalue weighted by Crippen LogP contribution is 2.36. The summed E-state index contributed by atoms with van der Waals surface area (Å²) in [5.41, 5.74) is -1.60. The molecule has 2 N–H and O–H groups in total. The molecule has 17 heavy (non-hydrogen) atoms. The zero-order valence-electron chi connectivity index (χ0n) is 10.9. The van der Waals surface area contributed by atoms with Gasteiger partial charge in [-0.3, -0.25) is 9.59 Å². The van der Waals surface area contributed by atoms with Crippen LogP contribution in [0.2, 0.25) is 0 Å². The summed E-state index contributed by atoms with van der Waals surface area (Å²) >= 11 is 0. The molecule has 1 heterocycles. The van der Waals surface area contributed by atoms with Crippen LogP contribution in [-0.4, -0.2) is 35.7 Å². The van der Waals surface area contributed by atoms with Crippen molar-refractivity contribution in [3.05, 3.63) is 0 Å². The Morgan fingerprint density at radius 3 is 2.41 bits per heavy atom. The number of carbonyl (C=O) groups excluding carboxylic acids is 1. The molecule has 1 saturated heterocycles. The molecule has 0 aliphatic carbocycles. The zero-order valence-corrected chi connectivity index (χ0v) is 10.9. The van der Waals surface area contributed by atoms with Gasteiger partial charge in [0.25, 0.3) is 0 Å². The van der Waals surface area contributed by atoms with Gasteiger partial charge in [0.15, 0.2) is 0 Å². The summed E-state index contributed by atoms with van der Waals surface area (Å²) in [4.78, 5) is 23.1. The number of hydrogen-bond acceptors (Lipinski definition) is 4. The Morgan fingerprint density at radius 1 is 1.47 bits per heavy atom. The van der Waals surface area contributed by atoms with Crippen LogP contribution in [-0.2, 0) is 14.3 Å². The second-order valence-electron chi connectivity index (χ2n) is 5.76. The SMILES string of the molecule is C[C@@H]1CNC[C@@]1(CC(=O)OC(C)(C)C)C(=O)O. The van der Waals surface area contributed by atoms with E-state index in [4.69, 9.17) is 4.74 Å². The molecule has 0 aromatic rings. The molecule has 5 heteroatoms. The van der Waals surface area contributed by atoms with Crippen LogP contribution in [0.25, 0.3) is 0 Å². The number of ether oxygens (including phenoxy) is 1. The molecule has 0 bridgehead atoms. The number of carboxylic acid groups (broad SMARTS) is 1. The molecule has 2 atom stereocenters. The molecule has 98 valence electrons. The number of aliphatic carboxylic acids is 1. The lowest BCUT2D eigenvalue weighted by Gasteiger charge is -2.29. The van der Waals surface area contributed by atoms with Crippen LogP contribution < -0.4 is 5.32 Å². The summed E-state index contributed by atoms with van der Waals surface area (Å²) in [7, 11) is 0. The van der Waals surface area contributed by atoms with Crippen molar-refractivity contribution in [2.75, 3.05) is 13.1 Å². The van der Waals surface area contributed by atoms with Crippen molar-refractivity contribution >= 4 is 11.9 Å². The van der Waals surface area contributed by atoms with E-state index in [-0.39, 0.29) is 12.3 Å². The molecular formula is C12H21NO4. The van der Waals surface area contributed by atoms with Crippen molar-refractivity contribution in [1.82, 2.24) is 5.32 Å². The van der Waals surface area contributed by atoms with Gasteiger partial charge in [0.1, 0.15) is 5.60 Å². The zero-order chi connectivity index (χ0) is 13.3. The molecule has 1 fully saturated rings. The molecule has 0 unspecified atom stereocenters. The monoisotopic (exact) mass is 243 g/mol. The molecular weight excluding hydrogens is 222 g/mol. The van der Waals surface area contributed by atoms with Crippen LogP contribution in [0.15, 0.2) is 0 Å². The smallest absolute Gasteiger partial charge is 0.311 e. The van der Waals surface area contributed by atoms with Gasteiger partial charge in [0.05, 0.1) is 11.8 Å². The van der Waals surface area contributed by atoms with Crippen LogP contribution in [0.3, 0.4) is 0 Å². The molecule has 0 radical (unpaired) electrons. The highest BCUT2D eigenvalue weighted by Gasteiger charge is 2.49.